The molecule has 3 nitrogen and oxygen atoms in total. The summed E-state index contributed by atoms with van der Waals surface area (Å²) in [6.07, 6.45) is 1.81. The zero-order valence-electron chi connectivity index (χ0n) is 9.60. The first kappa shape index (κ1) is 11.2. The molecule has 0 radical (unpaired) electrons. The smallest absolute Gasteiger partial charge is 0.121 e. The lowest BCUT2D eigenvalue weighted by atomic mass is 10.3. The maximum atomic E-state index is 5.14. The van der Waals surface area contributed by atoms with Crippen LogP contribution in [0.5, 0.6) is 5.75 Å². The molecule has 0 spiro atoms. The summed E-state index contributed by atoms with van der Waals surface area (Å²) >= 11 is 1.72. The Hall–Kier alpha value is -1.29. The number of methoxy groups -OCH3 is 1. The summed E-state index contributed by atoms with van der Waals surface area (Å²) in [6.45, 7) is 4.29. The third kappa shape index (κ3) is 2.44. The third-order valence-electron chi connectivity index (χ3n) is 2.08. The van der Waals surface area contributed by atoms with Crippen molar-refractivity contribution in [2.24, 2.45) is 0 Å². The average Bonchev–Trinajstić information content (AvgIpc) is 2.27. The molecular weight excluding hydrogens is 220 g/mol. The van der Waals surface area contributed by atoms with Crippen molar-refractivity contribution in [3.8, 4) is 5.75 Å². The molecule has 4 heteroatoms. The highest BCUT2D eigenvalue weighted by atomic mass is 32.2. The molecule has 0 aliphatic heterocycles. The van der Waals surface area contributed by atoms with Gasteiger partial charge in [-0.25, -0.2) is 4.98 Å². The molecule has 0 fully saturated rings. The van der Waals surface area contributed by atoms with Crippen molar-refractivity contribution >= 4 is 22.8 Å². The summed E-state index contributed by atoms with van der Waals surface area (Å²) in [5, 5.41) is 1.48. The molecule has 1 aromatic carbocycles. The molecule has 16 heavy (non-hydrogen) atoms. The lowest BCUT2D eigenvalue weighted by molar-refractivity contribution is 0.415. The van der Waals surface area contributed by atoms with E-state index in [1.54, 1.807) is 18.9 Å². The van der Waals surface area contributed by atoms with Gasteiger partial charge >= 0.3 is 0 Å². The number of hydrogen-bond donors (Lipinski definition) is 0. The molecule has 0 aliphatic rings. The first-order chi connectivity index (χ1) is 7.69. The molecule has 0 aliphatic carbocycles. The van der Waals surface area contributed by atoms with Crippen LogP contribution in [-0.4, -0.2) is 22.3 Å². The van der Waals surface area contributed by atoms with E-state index in [4.69, 9.17) is 4.74 Å². The molecule has 0 amide bonds. The zero-order chi connectivity index (χ0) is 11.5. The van der Waals surface area contributed by atoms with Gasteiger partial charge in [-0.15, -0.1) is 11.8 Å². The fourth-order valence-electron chi connectivity index (χ4n) is 1.40. The van der Waals surface area contributed by atoms with Crippen molar-refractivity contribution in [2.45, 2.75) is 24.1 Å². The van der Waals surface area contributed by atoms with E-state index in [2.05, 4.69) is 23.8 Å². The van der Waals surface area contributed by atoms with E-state index in [1.807, 2.05) is 24.4 Å². The van der Waals surface area contributed by atoms with Crippen LogP contribution in [0.2, 0.25) is 0 Å². The fourth-order valence-corrected chi connectivity index (χ4v) is 2.15. The Morgan fingerprint density at radius 1 is 1.25 bits per heavy atom. The summed E-state index contributed by atoms with van der Waals surface area (Å²) < 4.78 is 5.14. The van der Waals surface area contributed by atoms with Gasteiger partial charge in [0.2, 0.25) is 0 Å². The SMILES string of the molecule is COc1ccc2nc(SC(C)C)cnc2c1. The summed E-state index contributed by atoms with van der Waals surface area (Å²) in [6, 6.07) is 5.73. The first-order valence-corrected chi connectivity index (χ1v) is 6.04. The lowest BCUT2D eigenvalue weighted by Gasteiger charge is -2.05. The van der Waals surface area contributed by atoms with Gasteiger partial charge in [0.15, 0.2) is 0 Å². The van der Waals surface area contributed by atoms with Crippen LogP contribution in [0.4, 0.5) is 0 Å². The van der Waals surface area contributed by atoms with Gasteiger partial charge in [0.05, 0.1) is 24.3 Å². The Bertz CT molecular complexity index is 499. The molecule has 1 aromatic heterocycles. The largest absolute Gasteiger partial charge is 0.497 e. The van der Waals surface area contributed by atoms with E-state index < -0.39 is 0 Å². The Labute approximate surface area is 99.2 Å². The monoisotopic (exact) mass is 234 g/mol. The van der Waals surface area contributed by atoms with Crippen LogP contribution in [0.25, 0.3) is 11.0 Å². The lowest BCUT2D eigenvalue weighted by Crippen LogP contribution is -1.92. The van der Waals surface area contributed by atoms with Crippen molar-refractivity contribution < 1.29 is 4.74 Å². The van der Waals surface area contributed by atoms with Crippen molar-refractivity contribution in [3.05, 3.63) is 24.4 Å². The van der Waals surface area contributed by atoms with E-state index in [9.17, 15) is 0 Å². The van der Waals surface area contributed by atoms with Crippen LogP contribution in [0, 0.1) is 0 Å². The van der Waals surface area contributed by atoms with Crippen LogP contribution < -0.4 is 4.74 Å². The van der Waals surface area contributed by atoms with Gasteiger partial charge < -0.3 is 4.74 Å². The average molecular weight is 234 g/mol. The Morgan fingerprint density at radius 3 is 2.75 bits per heavy atom. The van der Waals surface area contributed by atoms with Crippen molar-refractivity contribution in [2.75, 3.05) is 7.11 Å². The topological polar surface area (TPSA) is 35.0 Å². The number of thioether (sulfide) groups is 1. The first-order valence-electron chi connectivity index (χ1n) is 5.16. The molecule has 2 rings (SSSR count). The van der Waals surface area contributed by atoms with Crippen molar-refractivity contribution in [1.82, 2.24) is 9.97 Å². The third-order valence-corrected chi connectivity index (χ3v) is 2.99. The van der Waals surface area contributed by atoms with E-state index >= 15 is 0 Å². The number of aromatic nitrogens is 2. The number of rotatable bonds is 3. The van der Waals surface area contributed by atoms with Gasteiger partial charge in [-0.1, -0.05) is 13.8 Å². The molecule has 84 valence electrons. The maximum absolute atomic E-state index is 5.14. The van der Waals surface area contributed by atoms with Gasteiger partial charge in [0.25, 0.3) is 0 Å². The highest BCUT2D eigenvalue weighted by Crippen LogP contribution is 2.23. The molecule has 0 atom stereocenters. The molecule has 0 bridgehead atoms. The highest BCUT2D eigenvalue weighted by molar-refractivity contribution is 7.99. The van der Waals surface area contributed by atoms with Gasteiger partial charge in [-0.2, -0.15) is 0 Å². The van der Waals surface area contributed by atoms with Crippen LogP contribution >= 0.6 is 11.8 Å². The molecule has 0 saturated heterocycles. The molecule has 0 unspecified atom stereocenters. The molecule has 0 saturated carbocycles. The van der Waals surface area contributed by atoms with E-state index in [0.717, 1.165) is 21.8 Å². The van der Waals surface area contributed by atoms with Crippen LogP contribution in [0.1, 0.15) is 13.8 Å². The summed E-state index contributed by atoms with van der Waals surface area (Å²) in [7, 11) is 1.65. The Kier molecular flexibility index (Phi) is 3.29. The normalized spacial score (nSPS) is 11.0. The van der Waals surface area contributed by atoms with Gasteiger partial charge in [-0.05, 0) is 12.1 Å². The Morgan fingerprint density at radius 2 is 2.06 bits per heavy atom. The number of benzene rings is 1. The van der Waals surface area contributed by atoms with Crippen molar-refractivity contribution in [3.63, 3.8) is 0 Å². The quantitative estimate of drug-likeness (QED) is 0.764. The molecular formula is C12H14N2OS. The minimum absolute atomic E-state index is 0.519. The van der Waals surface area contributed by atoms with Crippen LogP contribution in [0.3, 0.4) is 0 Å². The minimum atomic E-state index is 0.519. The van der Waals surface area contributed by atoms with Gasteiger partial charge in [0, 0.05) is 11.3 Å². The number of fused-ring (bicyclic) bond motifs is 1. The fraction of sp³-hybridized carbons (Fsp3) is 0.333. The van der Waals surface area contributed by atoms with E-state index in [-0.39, 0.29) is 0 Å². The van der Waals surface area contributed by atoms with Crippen LogP contribution in [-0.2, 0) is 0 Å². The van der Waals surface area contributed by atoms with Crippen LogP contribution in [0.15, 0.2) is 29.4 Å². The van der Waals surface area contributed by atoms with E-state index in [0.29, 0.717) is 5.25 Å². The predicted molar refractivity (Wildman–Crippen MR) is 67.1 cm³/mol. The summed E-state index contributed by atoms with van der Waals surface area (Å²) in [5.41, 5.74) is 1.78. The van der Waals surface area contributed by atoms with Gasteiger partial charge in [0.1, 0.15) is 10.8 Å². The van der Waals surface area contributed by atoms with Crippen molar-refractivity contribution in [1.29, 1.82) is 0 Å². The zero-order valence-corrected chi connectivity index (χ0v) is 10.4. The Balaban J connectivity index is 2.39. The second-order valence-corrected chi connectivity index (χ2v) is 5.33. The summed E-state index contributed by atoms with van der Waals surface area (Å²) in [4.78, 5) is 8.92. The second kappa shape index (κ2) is 4.70. The minimum Gasteiger partial charge on any atom is -0.497 e. The predicted octanol–water partition coefficient (Wildman–Crippen LogP) is 3.14. The highest BCUT2D eigenvalue weighted by Gasteiger charge is 2.03. The number of hydrogen-bond acceptors (Lipinski definition) is 4. The van der Waals surface area contributed by atoms with E-state index in [1.165, 1.54) is 0 Å². The molecule has 1 heterocycles. The second-order valence-electron chi connectivity index (χ2n) is 3.73. The maximum Gasteiger partial charge on any atom is 0.121 e. The standard InChI is InChI=1S/C12H14N2OS/c1-8(2)16-12-7-13-11-6-9(15-3)4-5-10(11)14-12/h4-8H,1-3H3. The molecule has 2 aromatic rings. The number of ether oxygens (including phenoxy) is 1. The number of nitrogens with zero attached hydrogens (tertiary/aromatic N) is 2. The molecule has 0 N–H and O–H groups in total. The van der Waals surface area contributed by atoms with Gasteiger partial charge in [-0.3, -0.25) is 4.98 Å². The summed E-state index contributed by atoms with van der Waals surface area (Å²) in [5.74, 6) is 0.811.